The van der Waals surface area contributed by atoms with Crippen molar-refractivity contribution in [2.24, 2.45) is 5.92 Å². The molecule has 0 saturated heterocycles. The molecule has 0 bridgehead atoms. The van der Waals surface area contributed by atoms with Crippen LogP contribution in [0.15, 0.2) is 0 Å². The molecule has 17 heavy (non-hydrogen) atoms. The summed E-state index contributed by atoms with van der Waals surface area (Å²) in [7, 11) is 0. The quantitative estimate of drug-likeness (QED) is 0.731. The minimum atomic E-state index is -0.186. The highest BCUT2D eigenvalue weighted by Crippen LogP contribution is 2.24. The number of aliphatic hydroxyl groups is 1. The predicted octanol–water partition coefficient (Wildman–Crippen LogP) is 0.917. The summed E-state index contributed by atoms with van der Waals surface area (Å²) < 4.78 is 0. The summed E-state index contributed by atoms with van der Waals surface area (Å²) in [5, 5.41) is 19.1. The number of H-pyrrole nitrogens is 1. The van der Waals surface area contributed by atoms with Gasteiger partial charge in [0.2, 0.25) is 0 Å². The van der Waals surface area contributed by atoms with E-state index >= 15 is 0 Å². The Hall–Kier alpha value is -1.36. The van der Waals surface area contributed by atoms with Crippen LogP contribution in [-0.4, -0.2) is 33.9 Å². The Morgan fingerprint density at radius 1 is 1.53 bits per heavy atom. The molecule has 0 spiro atoms. The van der Waals surface area contributed by atoms with Gasteiger partial charge in [0.15, 0.2) is 0 Å². The van der Waals surface area contributed by atoms with Crippen molar-refractivity contribution < 1.29 is 9.90 Å². The van der Waals surface area contributed by atoms with E-state index in [1.54, 1.807) is 0 Å². The summed E-state index contributed by atoms with van der Waals surface area (Å²) in [5.41, 5.74) is 2.17. The average molecular weight is 237 g/mol. The van der Waals surface area contributed by atoms with Crippen molar-refractivity contribution in [2.75, 3.05) is 6.54 Å². The van der Waals surface area contributed by atoms with E-state index in [1.807, 2.05) is 13.8 Å². The Bertz CT molecular complexity index is 394. The van der Waals surface area contributed by atoms with E-state index in [9.17, 15) is 9.90 Å². The van der Waals surface area contributed by atoms with Gasteiger partial charge in [0.05, 0.1) is 17.4 Å². The maximum atomic E-state index is 12.0. The molecule has 1 aliphatic rings. The smallest absolute Gasteiger partial charge is 0.255 e. The molecule has 1 heterocycles. The number of carbonyl (C=O) groups is 1. The molecular formula is C12H19N3O2. The first-order valence-electron chi connectivity index (χ1n) is 6.05. The molecule has 2 rings (SSSR count). The second kappa shape index (κ2) is 4.87. The molecule has 0 radical (unpaired) electrons. The number of nitrogens with one attached hydrogen (secondary N) is 2. The number of carbonyl (C=O) groups excluding carboxylic acids is 1. The molecule has 1 aliphatic carbocycles. The van der Waals surface area contributed by atoms with Gasteiger partial charge in [-0.25, -0.2) is 0 Å². The van der Waals surface area contributed by atoms with Crippen LogP contribution in [0.3, 0.4) is 0 Å². The number of nitrogens with zero attached hydrogens (tertiary/aromatic N) is 1. The van der Waals surface area contributed by atoms with E-state index in [1.165, 1.54) is 0 Å². The Morgan fingerprint density at radius 3 is 2.82 bits per heavy atom. The van der Waals surface area contributed by atoms with E-state index < -0.39 is 0 Å². The van der Waals surface area contributed by atoms with E-state index in [0.717, 1.165) is 30.7 Å². The Kier molecular flexibility index (Phi) is 3.47. The fourth-order valence-electron chi connectivity index (χ4n) is 2.44. The van der Waals surface area contributed by atoms with Gasteiger partial charge >= 0.3 is 0 Å². The van der Waals surface area contributed by atoms with Crippen LogP contribution in [0.4, 0.5) is 0 Å². The lowest BCUT2D eigenvalue weighted by atomic mass is 10.1. The van der Waals surface area contributed by atoms with Crippen LogP contribution in [-0.2, 0) is 0 Å². The number of aromatic nitrogens is 2. The summed E-state index contributed by atoms with van der Waals surface area (Å²) in [5.74, 6) is 0.330. The van der Waals surface area contributed by atoms with Crippen molar-refractivity contribution in [2.45, 2.75) is 39.2 Å². The summed E-state index contributed by atoms with van der Waals surface area (Å²) in [6, 6.07) is 0. The van der Waals surface area contributed by atoms with Gasteiger partial charge in [0.1, 0.15) is 0 Å². The van der Waals surface area contributed by atoms with Gasteiger partial charge in [-0.15, -0.1) is 0 Å². The van der Waals surface area contributed by atoms with E-state index in [2.05, 4.69) is 15.5 Å². The standard InChI is InChI=1S/C12H19N3O2/c1-7-11(8(2)15-14-7)12(17)13-6-9-3-4-10(16)5-9/h9-10,16H,3-6H2,1-2H3,(H,13,17)(H,14,15). The second-order valence-electron chi connectivity index (χ2n) is 4.85. The monoisotopic (exact) mass is 237 g/mol. The first-order valence-corrected chi connectivity index (χ1v) is 6.05. The van der Waals surface area contributed by atoms with Crippen LogP contribution in [0, 0.1) is 19.8 Å². The average Bonchev–Trinajstić information content (AvgIpc) is 2.83. The molecule has 1 amide bonds. The third-order valence-electron chi connectivity index (χ3n) is 3.42. The van der Waals surface area contributed by atoms with Gasteiger partial charge in [0.25, 0.3) is 5.91 Å². The lowest BCUT2D eigenvalue weighted by Crippen LogP contribution is -2.29. The molecular weight excluding hydrogens is 218 g/mol. The van der Waals surface area contributed by atoms with Gasteiger partial charge in [-0.1, -0.05) is 0 Å². The molecule has 5 nitrogen and oxygen atoms in total. The van der Waals surface area contributed by atoms with Crippen molar-refractivity contribution in [3.8, 4) is 0 Å². The normalized spacial score (nSPS) is 23.9. The molecule has 0 aromatic carbocycles. The zero-order valence-electron chi connectivity index (χ0n) is 10.3. The Labute approximate surface area is 101 Å². The predicted molar refractivity (Wildman–Crippen MR) is 63.7 cm³/mol. The molecule has 94 valence electrons. The van der Waals surface area contributed by atoms with Gasteiger partial charge in [0, 0.05) is 12.2 Å². The second-order valence-corrected chi connectivity index (χ2v) is 4.85. The van der Waals surface area contributed by atoms with Gasteiger partial charge in [-0.2, -0.15) is 5.10 Å². The van der Waals surface area contributed by atoms with Crippen molar-refractivity contribution in [1.82, 2.24) is 15.5 Å². The third kappa shape index (κ3) is 2.66. The largest absolute Gasteiger partial charge is 0.393 e. The first-order chi connectivity index (χ1) is 8.08. The molecule has 1 aromatic heterocycles. The minimum absolute atomic E-state index is 0.0739. The Balaban J connectivity index is 1.90. The molecule has 1 aromatic rings. The first kappa shape index (κ1) is 12.1. The van der Waals surface area contributed by atoms with Crippen molar-refractivity contribution in [3.05, 3.63) is 17.0 Å². The summed E-state index contributed by atoms with van der Waals surface area (Å²) in [6.07, 6.45) is 2.45. The number of aryl methyl sites for hydroxylation is 2. The molecule has 3 N–H and O–H groups in total. The fourth-order valence-corrected chi connectivity index (χ4v) is 2.44. The summed E-state index contributed by atoms with van der Waals surface area (Å²) in [4.78, 5) is 12.0. The van der Waals surface area contributed by atoms with Crippen LogP contribution in [0.1, 0.15) is 41.0 Å². The minimum Gasteiger partial charge on any atom is -0.393 e. The lowest BCUT2D eigenvalue weighted by molar-refractivity contribution is 0.0944. The molecule has 5 heteroatoms. The van der Waals surface area contributed by atoms with Gasteiger partial charge in [-0.3, -0.25) is 9.89 Å². The summed E-state index contributed by atoms with van der Waals surface area (Å²) in [6.45, 7) is 4.30. The number of hydrogen-bond acceptors (Lipinski definition) is 3. The molecule has 1 saturated carbocycles. The van der Waals surface area contributed by atoms with E-state index in [4.69, 9.17) is 0 Å². The number of aliphatic hydroxyl groups excluding tert-OH is 1. The van der Waals surface area contributed by atoms with E-state index in [-0.39, 0.29) is 12.0 Å². The van der Waals surface area contributed by atoms with Crippen molar-refractivity contribution in [1.29, 1.82) is 0 Å². The highest BCUT2D eigenvalue weighted by molar-refractivity contribution is 5.96. The van der Waals surface area contributed by atoms with Crippen LogP contribution in [0.2, 0.25) is 0 Å². The highest BCUT2D eigenvalue weighted by atomic mass is 16.3. The Morgan fingerprint density at radius 2 is 2.29 bits per heavy atom. The van der Waals surface area contributed by atoms with Crippen LogP contribution >= 0.6 is 0 Å². The number of hydrogen-bond donors (Lipinski definition) is 3. The topological polar surface area (TPSA) is 78.0 Å². The third-order valence-corrected chi connectivity index (χ3v) is 3.42. The van der Waals surface area contributed by atoms with Crippen LogP contribution in [0.25, 0.3) is 0 Å². The van der Waals surface area contributed by atoms with Gasteiger partial charge < -0.3 is 10.4 Å². The number of aromatic amines is 1. The van der Waals surface area contributed by atoms with Gasteiger partial charge in [-0.05, 0) is 39.0 Å². The SMILES string of the molecule is Cc1n[nH]c(C)c1C(=O)NCC1CCC(O)C1. The molecule has 2 atom stereocenters. The van der Waals surface area contributed by atoms with Crippen molar-refractivity contribution in [3.63, 3.8) is 0 Å². The van der Waals surface area contributed by atoms with Crippen molar-refractivity contribution >= 4 is 5.91 Å². The highest BCUT2D eigenvalue weighted by Gasteiger charge is 2.24. The molecule has 1 fully saturated rings. The number of rotatable bonds is 3. The number of amides is 1. The maximum absolute atomic E-state index is 12.0. The zero-order chi connectivity index (χ0) is 12.4. The van der Waals surface area contributed by atoms with Crippen LogP contribution in [0.5, 0.6) is 0 Å². The molecule has 2 unspecified atom stereocenters. The molecule has 0 aliphatic heterocycles. The lowest BCUT2D eigenvalue weighted by Gasteiger charge is -2.10. The fraction of sp³-hybridized carbons (Fsp3) is 0.667. The van der Waals surface area contributed by atoms with E-state index in [0.29, 0.717) is 18.0 Å². The zero-order valence-corrected chi connectivity index (χ0v) is 10.3. The van der Waals surface area contributed by atoms with Crippen LogP contribution < -0.4 is 5.32 Å². The summed E-state index contributed by atoms with van der Waals surface area (Å²) >= 11 is 0. The maximum Gasteiger partial charge on any atom is 0.255 e.